The van der Waals surface area contributed by atoms with Gasteiger partial charge in [-0.2, -0.15) is 0 Å². The molecular weight excluding hydrogens is 483 g/mol. The van der Waals surface area contributed by atoms with E-state index in [4.69, 9.17) is 9.97 Å². The molecule has 8 rings (SSSR count). The molecule has 2 aliphatic rings. The molecule has 6 aromatic rings. The first-order valence-corrected chi connectivity index (χ1v) is 12.9. The Labute approximate surface area is 223 Å². The standard InChI is InChI=1S/C34H21FN4/c35-22-8-5-21(6-9-22)30-17-27-16-25-11-10-23(36-25)15-24-12-13-26(37-24)18-33-34-28-4-2-1-3-20(28)7-14-29(34)31(39-33)19-32(30)38-27/h1-19,37-38H. The number of aromatic nitrogens is 4. The molecule has 8 bridgehead atoms. The number of nitrogens with zero attached hydrogens (tertiary/aromatic N) is 2. The highest BCUT2D eigenvalue weighted by Crippen LogP contribution is 2.41. The maximum absolute atomic E-state index is 13.8. The summed E-state index contributed by atoms with van der Waals surface area (Å²) in [6, 6.07) is 33.8. The summed E-state index contributed by atoms with van der Waals surface area (Å²) in [6.45, 7) is 0. The van der Waals surface area contributed by atoms with E-state index >= 15 is 0 Å². The van der Waals surface area contributed by atoms with Gasteiger partial charge in [-0.3, -0.25) is 0 Å². The summed E-state index contributed by atoms with van der Waals surface area (Å²) in [7, 11) is 0. The molecule has 184 valence electrons. The number of halogens is 1. The highest BCUT2D eigenvalue weighted by molar-refractivity contribution is 6.05. The van der Waals surface area contributed by atoms with Crippen molar-refractivity contribution in [3.8, 4) is 33.6 Å². The SMILES string of the molecule is Fc1ccc(-c2cc3cc4nc(cc5ccc(cc6nc(cc2[nH]3)-c2ccc3ccccc3c2-6)[nH]5)C=C4)cc1. The number of aromatic amines is 2. The largest absolute Gasteiger partial charge is 0.355 e. The predicted octanol–water partition coefficient (Wildman–Crippen LogP) is 8.78. The fourth-order valence-corrected chi connectivity index (χ4v) is 5.53. The van der Waals surface area contributed by atoms with E-state index < -0.39 is 0 Å². The molecule has 0 fully saturated rings. The van der Waals surface area contributed by atoms with Crippen LogP contribution in [0.15, 0.2) is 103 Å². The van der Waals surface area contributed by atoms with E-state index in [0.29, 0.717) is 0 Å². The lowest BCUT2D eigenvalue weighted by atomic mass is 9.97. The Morgan fingerprint density at radius 3 is 2.18 bits per heavy atom. The molecular formula is C34H21FN4. The van der Waals surface area contributed by atoms with Crippen molar-refractivity contribution in [1.82, 2.24) is 19.9 Å². The Kier molecular flexibility index (Phi) is 4.67. The molecule has 0 saturated heterocycles. The first-order valence-electron chi connectivity index (χ1n) is 12.9. The lowest BCUT2D eigenvalue weighted by Crippen LogP contribution is -1.81. The van der Waals surface area contributed by atoms with Crippen molar-refractivity contribution in [2.75, 3.05) is 0 Å². The summed E-state index contributed by atoms with van der Waals surface area (Å²) >= 11 is 0. The topological polar surface area (TPSA) is 57.4 Å². The summed E-state index contributed by atoms with van der Waals surface area (Å²) in [5, 5.41) is 2.34. The third-order valence-corrected chi connectivity index (χ3v) is 7.32. The van der Waals surface area contributed by atoms with Crippen molar-refractivity contribution >= 4 is 45.0 Å². The van der Waals surface area contributed by atoms with Gasteiger partial charge in [0.1, 0.15) is 5.82 Å². The minimum atomic E-state index is -0.259. The molecule has 5 heteroatoms. The summed E-state index contributed by atoms with van der Waals surface area (Å²) < 4.78 is 13.8. The van der Waals surface area contributed by atoms with Crippen molar-refractivity contribution in [3.05, 3.63) is 120 Å². The van der Waals surface area contributed by atoms with Gasteiger partial charge in [-0.1, -0.05) is 48.5 Å². The first-order chi connectivity index (χ1) is 19.2. The maximum Gasteiger partial charge on any atom is 0.123 e. The van der Waals surface area contributed by atoms with Crippen LogP contribution >= 0.6 is 0 Å². The molecule has 0 unspecified atom stereocenters. The Balaban J connectivity index is 1.50. The average Bonchev–Trinajstić information content (AvgIpc) is 3.73. The van der Waals surface area contributed by atoms with Gasteiger partial charge in [0.25, 0.3) is 0 Å². The molecule has 0 spiro atoms. The van der Waals surface area contributed by atoms with E-state index in [1.165, 1.54) is 17.5 Å². The second-order valence-corrected chi connectivity index (χ2v) is 9.89. The average molecular weight is 505 g/mol. The van der Waals surface area contributed by atoms with E-state index in [9.17, 15) is 4.39 Å². The number of hydrogen-bond acceptors (Lipinski definition) is 2. The van der Waals surface area contributed by atoms with Crippen LogP contribution in [-0.2, 0) is 0 Å². The van der Waals surface area contributed by atoms with Gasteiger partial charge in [-0.05, 0) is 83.1 Å². The number of fused-ring (bicyclic) bond motifs is 13. The second-order valence-electron chi connectivity index (χ2n) is 9.89. The predicted molar refractivity (Wildman–Crippen MR) is 157 cm³/mol. The van der Waals surface area contributed by atoms with Crippen LogP contribution in [0.5, 0.6) is 0 Å². The molecule has 0 saturated carbocycles. The smallest absolute Gasteiger partial charge is 0.123 e. The Morgan fingerprint density at radius 1 is 0.564 bits per heavy atom. The second kappa shape index (κ2) is 8.36. The van der Waals surface area contributed by atoms with E-state index in [-0.39, 0.29) is 5.82 Å². The van der Waals surface area contributed by atoms with Crippen molar-refractivity contribution in [3.63, 3.8) is 0 Å². The fourth-order valence-electron chi connectivity index (χ4n) is 5.53. The van der Waals surface area contributed by atoms with Crippen molar-refractivity contribution in [2.45, 2.75) is 0 Å². The minimum absolute atomic E-state index is 0.259. The Morgan fingerprint density at radius 2 is 1.33 bits per heavy atom. The minimum Gasteiger partial charge on any atom is -0.355 e. The van der Waals surface area contributed by atoms with Crippen LogP contribution in [0.4, 0.5) is 4.39 Å². The van der Waals surface area contributed by atoms with Gasteiger partial charge >= 0.3 is 0 Å². The highest BCUT2D eigenvalue weighted by atomic mass is 19.1. The van der Waals surface area contributed by atoms with Crippen molar-refractivity contribution in [2.24, 2.45) is 0 Å². The van der Waals surface area contributed by atoms with Crippen LogP contribution in [0.2, 0.25) is 0 Å². The number of hydrogen-bond donors (Lipinski definition) is 2. The van der Waals surface area contributed by atoms with Gasteiger partial charge in [0.2, 0.25) is 0 Å². The molecule has 3 aromatic heterocycles. The number of rotatable bonds is 1. The molecule has 2 N–H and O–H groups in total. The molecule has 0 aliphatic carbocycles. The molecule has 4 nitrogen and oxygen atoms in total. The van der Waals surface area contributed by atoms with E-state index in [1.807, 2.05) is 36.4 Å². The van der Waals surface area contributed by atoms with Crippen molar-refractivity contribution < 1.29 is 4.39 Å². The van der Waals surface area contributed by atoms with Gasteiger partial charge in [-0.15, -0.1) is 0 Å². The first kappa shape index (κ1) is 21.8. The molecule has 0 atom stereocenters. The molecule has 3 aromatic carbocycles. The molecule has 0 amide bonds. The number of nitrogens with one attached hydrogen (secondary N) is 2. The molecule has 2 aliphatic heterocycles. The van der Waals surface area contributed by atoms with Gasteiger partial charge in [0.15, 0.2) is 0 Å². The molecule has 0 radical (unpaired) electrons. The van der Waals surface area contributed by atoms with Crippen LogP contribution in [0.25, 0.3) is 78.6 Å². The number of benzene rings is 3. The van der Waals surface area contributed by atoms with Crippen LogP contribution in [0.3, 0.4) is 0 Å². The maximum atomic E-state index is 13.8. The zero-order valence-corrected chi connectivity index (χ0v) is 20.7. The van der Waals surface area contributed by atoms with Gasteiger partial charge in [0.05, 0.1) is 22.8 Å². The number of H-pyrrole nitrogens is 2. The lowest BCUT2D eigenvalue weighted by Gasteiger charge is -2.05. The van der Waals surface area contributed by atoms with Gasteiger partial charge in [-0.25, -0.2) is 14.4 Å². The summed E-state index contributed by atoms with van der Waals surface area (Å²) in [5.74, 6) is -0.259. The van der Waals surface area contributed by atoms with Gasteiger partial charge < -0.3 is 9.97 Å². The normalized spacial score (nSPS) is 12.1. The van der Waals surface area contributed by atoms with E-state index in [1.54, 1.807) is 0 Å². The van der Waals surface area contributed by atoms with Crippen molar-refractivity contribution in [1.29, 1.82) is 0 Å². The zero-order chi connectivity index (χ0) is 25.9. The third kappa shape index (κ3) is 3.75. The lowest BCUT2D eigenvalue weighted by molar-refractivity contribution is 0.628. The quantitative estimate of drug-likeness (QED) is 0.235. The summed E-state index contributed by atoms with van der Waals surface area (Å²) in [5.41, 5.74) is 11.4. The van der Waals surface area contributed by atoms with Crippen LogP contribution in [-0.4, -0.2) is 19.9 Å². The van der Waals surface area contributed by atoms with Crippen LogP contribution < -0.4 is 0 Å². The van der Waals surface area contributed by atoms with Crippen LogP contribution in [0.1, 0.15) is 11.4 Å². The fraction of sp³-hybridized carbons (Fsp3) is 0. The Bertz CT molecular complexity index is 2130. The summed E-state index contributed by atoms with van der Waals surface area (Å²) in [4.78, 5) is 17.0. The summed E-state index contributed by atoms with van der Waals surface area (Å²) in [6.07, 6.45) is 4.01. The van der Waals surface area contributed by atoms with Gasteiger partial charge in [0, 0.05) is 38.8 Å². The Hall–Kier alpha value is -5.29. The van der Waals surface area contributed by atoms with E-state index in [2.05, 4.69) is 76.7 Å². The van der Waals surface area contributed by atoms with Crippen LogP contribution in [0, 0.1) is 5.82 Å². The zero-order valence-electron chi connectivity index (χ0n) is 20.7. The third-order valence-electron chi connectivity index (χ3n) is 7.32. The van der Waals surface area contributed by atoms with E-state index in [0.717, 1.165) is 72.5 Å². The molecule has 5 heterocycles. The monoisotopic (exact) mass is 504 g/mol. The molecule has 39 heavy (non-hydrogen) atoms. The highest BCUT2D eigenvalue weighted by Gasteiger charge is 2.19.